The maximum atomic E-state index is 12.9. The van der Waals surface area contributed by atoms with Crippen LogP contribution in [0.2, 0.25) is 0 Å². The fourth-order valence-corrected chi connectivity index (χ4v) is 6.65. The highest BCUT2D eigenvalue weighted by molar-refractivity contribution is 5.96. The van der Waals surface area contributed by atoms with Crippen molar-refractivity contribution in [1.82, 2.24) is 9.88 Å². The summed E-state index contributed by atoms with van der Waals surface area (Å²) in [6, 6.07) is 19.3. The molecule has 1 saturated carbocycles. The predicted molar refractivity (Wildman–Crippen MR) is 165 cm³/mol. The van der Waals surface area contributed by atoms with Gasteiger partial charge in [0.1, 0.15) is 12.0 Å². The SMILES string of the molecule is CC(OC1CCCCC1)N1C(=O)CCc2ccc(OCCCCN3CCN(c4cccc5ccccc45)CC3)nc21. The van der Waals surface area contributed by atoms with Crippen LogP contribution in [0.15, 0.2) is 54.6 Å². The number of carbonyl (C=O) groups is 1. The van der Waals surface area contributed by atoms with Crippen molar-refractivity contribution in [3.8, 4) is 5.88 Å². The Balaban J connectivity index is 0.960. The number of piperazine rings is 1. The average molecular weight is 557 g/mol. The maximum absolute atomic E-state index is 12.9. The molecule has 2 aliphatic heterocycles. The molecule has 218 valence electrons. The molecule has 1 aliphatic carbocycles. The molecular weight excluding hydrogens is 512 g/mol. The van der Waals surface area contributed by atoms with Crippen LogP contribution in [-0.2, 0) is 16.0 Å². The van der Waals surface area contributed by atoms with Crippen molar-refractivity contribution in [3.63, 3.8) is 0 Å². The van der Waals surface area contributed by atoms with E-state index in [1.165, 1.54) is 35.7 Å². The van der Waals surface area contributed by atoms with Gasteiger partial charge < -0.3 is 14.4 Å². The van der Waals surface area contributed by atoms with Crippen molar-refractivity contribution in [2.45, 2.75) is 77.0 Å². The molecule has 0 N–H and O–H groups in total. The molecule has 3 aliphatic rings. The summed E-state index contributed by atoms with van der Waals surface area (Å²) in [5.74, 6) is 1.40. The molecule has 2 fully saturated rings. The van der Waals surface area contributed by atoms with Gasteiger partial charge in [-0.15, -0.1) is 0 Å². The summed E-state index contributed by atoms with van der Waals surface area (Å²) in [4.78, 5) is 24.6. The number of ether oxygens (including phenoxy) is 2. The van der Waals surface area contributed by atoms with E-state index in [4.69, 9.17) is 14.5 Å². The Labute approximate surface area is 244 Å². The van der Waals surface area contributed by atoms with Crippen LogP contribution in [0.1, 0.15) is 63.9 Å². The molecule has 1 amide bonds. The van der Waals surface area contributed by atoms with E-state index < -0.39 is 0 Å². The minimum atomic E-state index is -0.312. The quantitative estimate of drug-likeness (QED) is 0.278. The van der Waals surface area contributed by atoms with Gasteiger partial charge in [-0.25, -0.2) is 0 Å². The number of hydrogen-bond donors (Lipinski definition) is 0. The molecule has 0 radical (unpaired) electrons. The third kappa shape index (κ3) is 6.68. The van der Waals surface area contributed by atoms with Crippen molar-refractivity contribution in [2.75, 3.05) is 49.1 Å². The van der Waals surface area contributed by atoms with E-state index in [1.807, 2.05) is 13.0 Å². The van der Waals surface area contributed by atoms with Gasteiger partial charge in [0.15, 0.2) is 0 Å². The minimum absolute atomic E-state index is 0.0889. The van der Waals surface area contributed by atoms with Crippen molar-refractivity contribution in [1.29, 1.82) is 0 Å². The van der Waals surface area contributed by atoms with Gasteiger partial charge in [-0.2, -0.15) is 4.98 Å². The third-order valence-corrected chi connectivity index (χ3v) is 8.94. The summed E-state index contributed by atoms with van der Waals surface area (Å²) in [5.41, 5.74) is 2.45. The first-order chi connectivity index (χ1) is 20.2. The van der Waals surface area contributed by atoms with Crippen molar-refractivity contribution < 1.29 is 14.3 Å². The Kier molecular flexibility index (Phi) is 9.02. The van der Waals surface area contributed by atoms with E-state index in [0.29, 0.717) is 24.7 Å². The first kappa shape index (κ1) is 28.0. The summed E-state index contributed by atoms with van der Waals surface area (Å²) in [6.45, 7) is 7.98. The van der Waals surface area contributed by atoms with E-state index in [-0.39, 0.29) is 18.2 Å². The van der Waals surface area contributed by atoms with Crippen LogP contribution in [0.4, 0.5) is 11.5 Å². The lowest BCUT2D eigenvalue weighted by Crippen LogP contribution is -2.46. The fourth-order valence-electron chi connectivity index (χ4n) is 6.65. The number of rotatable bonds is 10. The maximum Gasteiger partial charge on any atom is 0.230 e. The van der Waals surface area contributed by atoms with Crippen LogP contribution in [0.5, 0.6) is 5.88 Å². The van der Waals surface area contributed by atoms with E-state index in [1.54, 1.807) is 4.90 Å². The van der Waals surface area contributed by atoms with Gasteiger partial charge in [0.2, 0.25) is 11.8 Å². The second kappa shape index (κ2) is 13.2. The number of fused-ring (bicyclic) bond motifs is 2. The Bertz CT molecular complexity index is 1310. The number of benzene rings is 2. The lowest BCUT2D eigenvalue weighted by atomic mass is 9.98. The van der Waals surface area contributed by atoms with Gasteiger partial charge >= 0.3 is 0 Å². The highest BCUT2D eigenvalue weighted by Gasteiger charge is 2.32. The van der Waals surface area contributed by atoms with Crippen LogP contribution >= 0.6 is 0 Å². The van der Waals surface area contributed by atoms with Gasteiger partial charge in [0.05, 0.1) is 12.7 Å². The standard InChI is InChI=1S/C34H44N4O3/c1-26(41-29-12-3-2-4-13-29)38-33(39)19-17-28-16-18-32(35-34(28)38)40-25-8-7-20-36-21-23-37(24-22-36)31-15-9-11-27-10-5-6-14-30(27)31/h5-6,9-11,14-16,18,26,29H,2-4,7-8,12-13,17,19-25H2,1H3. The molecule has 1 unspecified atom stereocenters. The molecule has 0 bridgehead atoms. The number of aromatic nitrogens is 1. The first-order valence-corrected chi connectivity index (χ1v) is 15.7. The largest absolute Gasteiger partial charge is 0.478 e. The summed E-state index contributed by atoms with van der Waals surface area (Å²) < 4.78 is 12.4. The molecule has 1 atom stereocenters. The van der Waals surface area contributed by atoms with Gasteiger partial charge in [-0.1, -0.05) is 55.7 Å². The second-order valence-corrected chi connectivity index (χ2v) is 11.8. The molecule has 3 heterocycles. The number of aryl methyl sites for hydroxylation is 1. The molecule has 3 aromatic rings. The van der Waals surface area contributed by atoms with Gasteiger partial charge in [0.25, 0.3) is 0 Å². The summed E-state index contributed by atoms with van der Waals surface area (Å²) >= 11 is 0. The zero-order valence-electron chi connectivity index (χ0n) is 24.5. The molecule has 1 saturated heterocycles. The number of pyridine rings is 1. The molecular formula is C34H44N4O3. The Morgan fingerprint density at radius 3 is 2.56 bits per heavy atom. The smallest absolute Gasteiger partial charge is 0.230 e. The van der Waals surface area contributed by atoms with Gasteiger partial charge in [-0.05, 0) is 68.7 Å². The van der Waals surface area contributed by atoms with Crippen LogP contribution in [0, 0.1) is 0 Å². The molecule has 6 rings (SSSR count). The highest BCUT2D eigenvalue weighted by atomic mass is 16.5. The zero-order chi connectivity index (χ0) is 28.0. The monoisotopic (exact) mass is 556 g/mol. The topological polar surface area (TPSA) is 58.1 Å². The number of unbranched alkanes of at least 4 members (excludes halogenated alkanes) is 1. The zero-order valence-corrected chi connectivity index (χ0v) is 24.5. The summed E-state index contributed by atoms with van der Waals surface area (Å²) in [5, 5.41) is 2.65. The molecule has 7 heteroatoms. The first-order valence-electron chi connectivity index (χ1n) is 15.7. The van der Waals surface area contributed by atoms with Crippen molar-refractivity contribution in [3.05, 3.63) is 60.2 Å². The van der Waals surface area contributed by atoms with Crippen molar-refractivity contribution in [2.24, 2.45) is 0 Å². The van der Waals surface area contributed by atoms with Gasteiger partial charge in [-0.3, -0.25) is 14.6 Å². The van der Waals surface area contributed by atoms with E-state index in [9.17, 15) is 4.79 Å². The Morgan fingerprint density at radius 2 is 1.71 bits per heavy atom. The van der Waals surface area contributed by atoms with Crippen LogP contribution < -0.4 is 14.5 Å². The third-order valence-electron chi connectivity index (χ3n) is 8.94. The predicted octanol–water partition coefficient (Wildman–Crippen LogP) is 6.19. The molecule has 0 spiro atoms. The molecule has 41 heavy (non-hydrogen) atoms. The van der Waals surface area contributed by atoms with E-state index >= 15 is 0 Å². The van der Waals surface area contributed by atoms with Gasteiger partial charge in [0, 0.05) is 49.7 Å². The van der Waals surface area contributed by atoms with Crippen LogP contribution in [0.25, 0.3) is 10.8 Å². The van der Waals surface area contributed by atoms with E-state index in [0.717, 1.165) is 70.4 Å². The number of carbonyl (C=O) groups excluding carboxylic acids is 1. The molecule has 7 nitrogen and oxygen atoms in total. The second-order valence-electron chi connectivity index (χ2n) is 11.8. The normalized spacial score (nSPS) is 19.4. The van der Waals surface area contributed by atoms with Crippen molar-refractivity contribution >= 4 is 28.2 Å². The number of nitrogens with zero attached hydrogens (tertiary/aromatic N) is 4. The van der Waals surface area contributed by atoms with E-state index in [2.05, 4.69) is 58.3 Å². The Hall–Kier alpha value is -3.16. The number of hydrogen-bond acceptors (Lipinski definition) is 6. The summed E-state index contributed by atoms with van der Waals surface area (Å²) in [6.07, 6.45) is 9.08. The molecule has 1 aromatic heterocycles. The minimum Gasteiger partial charge on any atom is -0.478 e. The summed E-state index contributed by atoms with van der Waals surface area (Å²) in [7, 11) is 0. The highest BCUT2D eigenvalue weighted by Crippen LogP contribution is 2.32. The number of amides is 1. The number of anilines is 2. The average Bonchev–Trinajstić information content (AvgIpc) is 3.01. The lowest BCUT2D eigenvalue weighted by Gasteiger charge is -2.36. The van der Waals surface area contributed by atoms with Crippen LogP contribution in [-0.4, -0.2) is 67.5 Å². The fraction of sp³-hybridized carbons (Fsp3) is 0.529. The Morgan fingerprint density at radius 1 is 0.902 bits per heavy atom. The van der Waals surface area contributed by atoms with Crippen LogP contribution in [0.3, 0.4) is 0 Å². The molecule has 2 aromatic carbocycles. The lowest BCUT2D eigenvalue weighted by molar-refractivity contribution is -0.123.